The SMILES string of the molecule is O=CN1CC(N2CCN(c3ccccc3)CC2)C(O)C1c1ccc(Cl)cc1.O=CO. The van der Waals surface area contributed by atoms with Gasteiger partial charge in [0.25, 0.3) is 6.47 Å². The summed E-state index contributed by atoms with van der Waals surface area (Å²) in [5, 5.41) is 18.6. The van der Waals surface area contributed by atoms with Crippen molar-refractivity contribution in [2.45, 2.75) is 18.2 Å². The Morgan fingerprint density at radius 2 is 1.53 bits per heavy atom. The Bertz CT molecular complexity index is 813. The van der Waals surface area contributed by atoms with E-state index < -0.39 is 6.10 Å². The van der Waals surface area contributed by atoms with Gasteiger partial charge in [-0.25, -0.2) is 0 Å². The van der Waals surface area contributed by atoms with Crippen LogP contribution in [0.3, 0.4) is 0 Å². The second kappa shape index (κ2) is 10.4. The molecule has 160 valence electrons. The molecule has 2 heterocycles. The first-order valence-electron chi connectivity index (χ1n) is 9.85. The van der Waals surface area contributed by atoms with Gasteiger partial charge in [0.05, 0.1) is 18.2 Å². The van der Waals surface area contributed by atoms with Crippen molar-refractivity contribution in [1.82, 2.24) is 9.80 Å². The Morgan fingerprint density at radius 3 is 2.10 bits per heavy atom. The zero-order valence-electron chi connectivity index (χ0n) is 16.5. The van der Waals surface area contributed by atoms with Crippen molar-refractivity contribution < 1.29 is 19.8 Å². The van der Waals surface area contributed by atoms with E-state index in [1.165, 1.54) is 5.69 Å². The van der Waals surface area contributed by atoms with Crippen LogP contribution in [0.15, 0.2) is 54.6 Å². The van der Waals surface area contributed by atoms with Gasteiger partial charge in [0.2, 0.25) is 6.41 Å². The van der Waals surface area contributed by atoms with Gasteiger partial charge < -0.3 is 20.0 Å². The first kappa shape index (κ1) is 22.1. The molecule has 2 aromatic carbocycles. The number of carbonyl (C=O) groups excluding carboxylic acids is 1. The maximum absolute atomic E-state index is 11.6. The minimum absolute atomic E-state index is 0.0474. The fourth-order valence-corrected chi connectivity index (χ4v) is 4.41. The lowest BCUT2D eigenvalue weighted by Gasteiger charge is -2.39. The number of hydrogen-bond donors (Lipinski definition) is 2. The van der Waals surface area contributed by atoms with Crippen LogP contribution in [0.2, 0.25) is 5.02 Å². The van der Waals surface area contributed by atoms with Crippen LogP contribution in [0.1, 0.15) is 11.6 Å². The largest absolute Gasteiger partial charge is 0.483 e. The third kappa shape index (κ3) is 4.92. The number of piperazine rings is 1. The van der Waals surface area contributed by atoms with Gasteiger partial charge in [-0.15, -0.1) is 0 Å². The molecule has 0 bridgehead atoms. The molecule has 2 saturated heterocycles. The van der Waals surface area contributed by atoms with Crippen molar-refractivity contribution in [2.75, 3.05) is 37.6 Å². The number of benzene rings is 2. The predicted molar refractivity (Wildman–Crippen MR) is 116 cm³/mol. The number of carbonyl (C=O) groups is 2. The van der Waals surface area contributed by atoms with Crippen LogP contribution < -0.4 is 4.90 Å². The number of carboxylic acid groups (broad SMARTS) is 1. The second-order valence-electron chi connectivity index (χ2n) is 7.32. The molecule has 8 heteroatoms. The maximum Gasteiger partial charge on any atom is 0.290 e. The van der Waals surface area contributed by atoms with Crippen LogP contribution in [0.25, 0.3) is 0 Å². The summed E-state index contributed by atoms with van der Waals surface area (Å²) >= 11 is 5.98. The molecule has 1 amide bonds. The van der Waals surface area contributed by atoms with Crippen molar-refractivity contribution >= 4 is 30.2 Å². The van der Waals surface area contributed by atoms with Gasteiger partial charge in [-0.05, 0) is 29.8 Å². The number of hydrogen-bond acceptors (Lipinski definition) is 5. The first-order valence-corrected chi connectivity index (χ1v) is 10.2. The number of para-hydroxylation sites is 1. The summed E-state index contributed by atoms with van der Waals surface area (Å²) in [6, 6.07) is 17.4. The lowest BCUT2D eigenvalue weighted by molar-refractivity contribution is -0.123. The normalized spacial score (nSPS) is 24.1. The van der Waals surface area contributed by atoms with Gasteiger partial charge in [0, 0.05) is 43.4 Å². The molecule has 3 atom stereocenters. The summed E-state index contributed by atoms with van der Waals surface area (Å²) in [4.78, 5) is 26.4. The van der Waals surface area contributed by atoms with Crippen LogP contribution >= 0.6 is 11.6 Å². The highest BCUT2D eigenvalue weighted by Crippen LogP contribution is 2.34. The van der Waals surface area contributed by atoms with E-state index in [4.69, 9.17) is 21.5 Å². The number of anilines is 1. The molecular formula is C22H26ClN3O4. The molecule has 7 nitrogen and oxygen atoms in total. The zero-order chi connectivity index (χ0) is 21.5. The molecule has 2 aromatic rings. The molecule has 2 fully saturated rings. The van der Waals surface area contributed by atoms with Gasteiger partial charge in [-0.1, -0.05) is 41.9 Å². The van der Waals surface area contributed by atoms with E-state index in [9.17, 15) is 9.90 Å². The van der Waals surface area contributed by atoms with Crippen molar-refractivity contribution in [2.24, 2.45) is 0 Å². The molecular weight excluding hydrogens is 406 g/mol. The van der Waals surface area contributed by atoms with Gasteiger partial charge in [-0.2, -0.15) is 0 Å². The molecule has 2 N–H and O–H groups in total. The average molecular weight is 432 g/mol. The Kier molecular flexibility index (Phi) is 7.68. The molecule has 0 radical (unpaired) electrons. The maximum atomic E-state index is 11.6. The van der Waals surface area contributed by atoms with E-state index in [2.05, 4.69) is 34.1 Å². The molecule has 4 rings (SSSR count). The quantitative estimate of drug-likeness (QED) is 0.721. The standard InChI is InChI=1S/C21H24ClN3O2.CH2O2/c22-17-8-6-16(7-9-17)20-21(27)19(14-25(20)15-26)24-12-10-23(11-13-24)18-4-2-1-3-5-18;2-1-3/h1-9,15,19-21,27H,10-14H2;1H,(H,2,3). The molecule has 2 aliphatic rings. The van der Waals surface area contributed by atoms with E-state index in [1.54, 1.807) is 17.0 Å². The first-order chi connectivity index (χ1) is 14.6. The topological polar surface area (TPSA) is 84.3 Å². The smallest absolute Gasteiger partial charge is 0.290 e. The van der Waals surface area contributed by atoms with Crippen LogP contribution in [-0.4, -0.2) is 77.8 Å². The van der Waals surface area contributed by atoms with E-state index >= 15 is 0 Å². The van der Waals surface area contributed by atoms with Crippen molar-refractivity contribution in [3.8, 4) is 0 Å². The number of aliphatic hydroxyl groups is 1. The number of aliphatic hydroxyl groups excluding tert-OH is 1. The number of rotatable bonds is 4. The van der Waals surface area contributed by atoms with Crippen LogP contribution in [-0.2, 0) is 9.59 Å². The molecule has 30 heavy (non-hydrogen) atoms. The predicted octanol–water partition coefficient (Wildman–Crippen LogP) is 2.11. The summed E-state index contributed by atoms with van der Waals surface area (Å²) in [6.07, 6.45) is 0.238. The molecule has 0 aliphatic carbocycles. The summed E-state index contributed by atoms with van der Waals surface area (Å²) in [5.74, 6) is 0. The fraction of sp³-hybridized carbons (Fsp3) is 0.364. The summed E-state index contributed by atoms with van der Waals surface area (Å²) in [7, 11) is 0. The van der Waals surface area contributed by atoms with Crippen LogP contribution in [0.4, 0.5) is 5.69 Å². The lowest BCUT2D eigenvalue weighted by atomic mass is 9.99. The van der Waals surface area contributed by atoms with E-state index in [1.807, 2.05) is 18.2 Å². The van der Waals surface area contributed by atoms with E-state index in [0.717, 1.165) is 38.2 Å². The van der Waals surface area contributed by atoms with Crippen molar-refractivity contribution in [3.63, 3.8) is 0 Å². The summed E-state index contributed by atoms with van der Waals surface area (Å²) in [5.41, 5.74) is 2.15. The molecule has 0 spiro atoms. The van der Waals surface area contributed by atoms with Crippen molar-refractivity contribution in [1.29, 1.82) is 0 Å². The Morgan fingerprint density at radius 1 is 0.933 bits per heavy atom. The minimum atomic E-state index is -0.611. The fourth-order valence-electron chi connectivity index (χ4n) is 4.28. The Hall–Kier alpha value is -2.61. The molecule has 0 aromatic heterocycles. The minimum Gasteiger partial charge on any atom is -0.483 e. The molecule has 2 aliphatic heterocycles. The number of nitrogens with zero attached hydrogens (tertiary/aromatic N) is 3. The van der Waals surface area contributed by atoms with E-state index in [-0.39, 0.29) is 18.6 Å². The second-order valence-corrected chi connectivity index (χ2v) is 7.76. The highest BCUT2D eigenvalue weighted by Gasteiger charge is 2.44. The van der Waals surface area contributed by atoms with Crippen molar-refractivity contribution in [3.05, 3.63) is 65.2 Å². The molecule has 3 unspecified atom stereocenters. The Balaban J connectivity index is 0.000000806. The highest BCUT2D eigenvalue weighted by atomic mass is 35.5. The van der Waals surface area contributed by atoms with Crippen LogP contribution in [0, 0.1) is 0 Å². The van der Waals surface area contributed by atoms with E-state index in [0.29, 0.717) is 11.6 Å². The average Bonchev–Trinajstić information content (AvgIpc) is 3.12. The third-order valence-electron chi connectivity index (χ3n) is 5.72. The summed E-state index contributed by atoms with van der Waals surface area (Å²) < 4.78 is 0. The zero-order valence-corrected chi connectivity index (χ0v) is 17.3. The van der Waals surface area contributed by atoms with Gasteiger partial charge in [-0.3, -0.25) is 14.5 Å². The number of halogens is 1. The third-order valence-corrected chi connectivity index (χ3v) is 5.98. The van der Waals surface area contributed by atoms with Gasteiger partial charge >= 0.3 is 0 Å². The van der Waals surface area contributed by atoms with Gasteiger partial charge in [0.15, 0.2) is 0 Å². The van der Waals surface area contributed by atoms with Crippen LogP contribution in [0.5, 0.6) is 0 Å². The number of likely N-dealkylation sites (tertiary alicyclic amines) is 1. The number of amides is 1. The monoisotopic (exact) mass is 431 g/mol. The molecule has 0 saturated carbocycles. The Labute approximate surface area is 181 Å². The highest BCUT2D eigenvalue weighted by molar-refractivity contribution is 6.30. The lowest BCUT2D eigenvalue weighted by Crippen LogP contribution is -2.53. The summed E-state index contributed by atoms with van der Waals surface area (Å²) in [6.45, 7) is 3.87. The van der Waals surface area contributed by atoms with Gasteiger partial charge in [0.1, 0.15) is 0 Å².